The summed E-state index contributed by atoms with van der Waals surface area (Å²) < 4.78 is 0. The smallest absolute Gasteiger partial charge is 0.375 e. The summed E-state index contributed by atoms with van der Waals surface area (Å²) in [6, 6.07) is 0. The molecule has 136 valence electrons. The minimum absolute atomic E-state index is 0.209. The molecule has 0 spiro atoms. The molecule has 0 amide bonds. The summed E-state index contributed by atoms with van der Waals surface area (Å²) in [5, 5.41) is 46.8. The molecule has 5 N–H and O–H groups in total. The van der Waals surface area contributed by atoms with Crippen molar-refractivity contribution in [2.75, 3.05) is 0 Å². The molecule has 0 aliphatic heterocycles. The van der Waals surface area contributed by atoms with Crippen LogP contribution in [-0.4, -0.2) is 61.7 Å². The minimum Gasteiger partial charge on any atom is -0.475 e. The summed E-state index contributed by atoms with van der Waals surface area (Å²) in [5.74, 6) is -3.52. The first-order valence-electron chi connectivity index (χ1n) is 8.32. The Hall–Kier alpha value is -1.02. The normalized spacial score (nSPS) is 16.6. The lowest BCUT2D eigenvalue weighted by Crippen LogP contribution is -2.49. The Morgan fingerprint density at radius 2 is 1.26 bits per heavy atom. The molecule has 7 nitrogen and oxygen atoms in total. The molecule has 0 aromatic rings. The van der Waals surface area contributed by atoms with Crippen molar-refractivity contribution in [2.24, 2.45) is 0 Å². The van der Waals surface area contributed by atoms with Crippen LogP contribution in [-0.2, 0) is 9.59 Å². The van der Waals surface area contributed by atoms with Crippen molar-refractivity contribution in [2.45, 2.75) is 89.1 Å². The maximum absolute atomic E-state index is 11.0. The number of aliphatic carboxylic acids is 1. The summed E-state index contributed by atoms with van der Waals surface area (Å²) in [7, 11) is 0. The molecule has 0 aromatic heterocycles. The van der Waals surface area contributed by atoms with Crippen LogP contribution >= 0.6 is 0 Å². The van der Waals surface area contributed by atoms with E-state index in [4.69, 9.17) is 5.11 Å². The molecule has 23 heavy (non-hydrogen) atoms. The van der Waals surface area contributed by atoms with Crippen LogP contribution in [0.3, 0.4) is 0 Å². The van der Waals surface area contributed by atoms with E-state index in [0.29, 0.717) is 6.42 Å². The first kappa shape index (κ1) is 22.0. The third-order valence-corrected chi connectivity index (χ3v) is 3.90. The van der Waals surface area contributed by atoms with Gasteiger partial charge in [-0.25, -0.2) is 4.79 Å². The van der Waals surface area contributed by atoms with E-state index < -0.39 is 36.2 Å². The van der Waals surface area contributed by atoms with Crippen molar-refractivity contribution < 1.29 is 35.1 Å². The van der Waals surface area contributed by atoms with E-state index in [1.807, 2.05) is 0 Å². The number of carboxylic acids is 1. The molecule has 0 saturated heterocycles. The Balaban J connectivity index is 3.94. The van der Waals surface area contributed by atoms with Gasteiger partial charge in [-0.15, -0.1) is 0 Å². The van der Waals surface area contributed by atoms with Crippen molar-refractivity contribution in [1.82, 2.24) is 0 Å². The van der Waals surface area contributed by atoms with Gasteiger partial charge >= 0.3 is 5.97 Å². The summed E-state index contributed by atoms with van der Waals surface area (Å²) >= 11 is 0. The topological polar surface area (TPSA) is 135 Å². The van der Waals surface area contributed by atoms with Gasteiger partial charge in [0, 0.05) is 0 Å². The van der Waals surface area contributed by atoms with Crippen molar-refractivity contribution in [3.05, 3.63) is 0 Å². The van der Waals surface area contributed by atoms with E-state index in [9.17, 15) is 30.0 Å². The number of carbonyl (C=O) groups is 2. The lowest BCUT2D eigenvalue weighted by molar-refractivity contribution is -0.161. The van der Waals surface area contributed by atoms with Gasteiger partial charge in [0.05, 0.1) is 6.10 Å². The number of Topliss-reactive ketones (excluding diaryl/α,β-unsaturated/α-hetero) is 1. The van der Waals surface area contributed by atoms with E-state index in [0.717, 1.165) is 19.3 Å². The van der Waals surface area contributed by atoms with E-state index in [1.54, 1.807) is 0 Å². The van der Waals surface area contributed by atoms with Gasteiger partial charge in [-0.3, -0.25) is 4.79 Å². The minimum atomic E-state index is -2.25. The van der Waals surface area contributed by atoms with Crippen LogP contribution in [0.15, 0.2) is 0 Å². The summed E-state index contributed by atoms with van der Waals surface area (Å²) in [4.78, 5) is 21.4. The number of carboxylic acid groups (broad SMARTS) is 1. The first-order valence-corrected chi connectivity index (χ1v) is 8.32. The van der Waals surface area contributed by atoms with Crippen molar-refractivity contribution in [3.63, 3.8) is 0 Å². The molecule has 4 atom stereocenters. The molecule has 0 radical (unpaired) electrons. The molecular formula is C16H30O7. The molecule has 0 bridgehead atoms. The fourth-order valence-electron chi connectivity index (χ4n) is 2.35. The predicted octanol–water partition coefficient (Wildman–Crippen LogP) is 0.614. The third kappa shape index (κ3) is 9.00. The second kappa shape index (κ2) is 12.4. The monoisotopic (exact) mass is 334 g/mol. The zero-order chi connectivity index (χ0) is 17.8. The van der Waals surface area contributed by atoms with Crippen LogP contribution in [0.5, 0.6) is 0 Å². The summed E-state index contributed by atoms with van der Waals surface area (Å²) in [6.07, 6.45) is 1.34. The second-order valence-corrected chi connectivity index (χ2v) is 5.93. The highest BCUT2D eigenvalue weighted by Crippen LogP contribution is 2.14. The summed E-state index contributed by atoms with van der Waals surface area (Å²) in [6.45, 7) is 2.15. The Morgan fingerprint density at radius 1 is 0.783 bits per heavy atom. The molecule has 0 aromatic carbocycles. The van der Waals surface area contributed by atoms with Gasteiger partial charge in [-0.05, 0) is 6.42 Å². The van der Waals surface area contributed by atoms with Gasteiger partial charge in [0.1, 0.15) is 12.2 Å². The quantitative estimate of drug-likeness (QED) is 0.232. The lowest BCUT2D eigenvalue weighted by atomic mass is 9.96. The Labute approximate surface area is 137 Å². The number of aliphatic hydroxyl groups excluding tert-OH is 4. The number of unbranched alkanes of at least 4 members (excludes halogenated alkanes) is 7. The van der Waals surface area contributed by atoms with Gasteiger partial charge in [-0.2, -0.15) is 0 Å². The maximum Gasteiger partial charge on any atom is 0.375 e. The standard InChI is InChI=1S/C16H30O7/c1-2-3-4-5-6-7-8-9-10-11(17)12(18)13(19)14(20)15(21)16(22)23/h11-14,17-20H,2-10H2,1H3,(H,22,23)/t11?,12-,13+,14+/m0/s1. The van der Waals surface area contributed by atoms with Crippen LogP contribution in [0.2, 0.25) is 0 Å². The zero-order valence-electron chi connectivity index (χ0n) is 13.7. The molecule has 1 unspecified atom stereocenters. The number of hydrogen-bond donors (Lipinski definition) is 5. The first-order chi connectivity index (χ1) is 10.8. The average molecular weight is 334 g/mol. The SMILES string of the molecule is CCCCCCCCCCC(O)[C@H](O)[C@@H](O)[C@@H](O)C(=O)C(=O)O. The molecule has 0 aliphatic rings. The molecular weight excluding hydrogens is 304 g/mol. The summed E-state index contributed by atoms with van der Waals surface area (Å²) in [5.41, 5.74) is 0. The predicted molar refractivity (Wildman–Crippen MR) is 83.9 cm³/mol. The molecule has 0 aliphatic carbocycles. The number of rotatable bonds is 14. The highest BCUT2D eigenvalue weighted by atomic mass is 16.4. The second-order valence-electron chi connectivity index (χ2n) is 5.93. The van der Waals surface area contributed by atoms with Crippen LogP contribution < -0.4 is 0 Å². The van der Waals surface area contributed by atoms with Gasteiger partial charge in [-0.1, -0.05) is 58.3 Å². The molecule has 0 fully saturated rings. The van der Waals surface area contributed by atoms with Crippen LogP contribution in [0.25, 0.3) is 0 Å². The van der Waals surface area contributed by atoms with Crippen molar-refractivity contribution in [3.8, 4) is 0 Å². The largest absolute Gasteiger partial charge is 0.475 e. The van der Waals surface area contributed by atoms with Crippen molar-refractivity contribution >= 4 is 11.8 Å². The van der Waals surface area contributed by atoms with Gasteiger partial charge in [0.2, 0.25) is 0 Å². The number of aliphatic hydroxyl groups is 4. The van der Waals surface area contributed by atoms with Crippen LogP contribution in [0, 0.1) is 0 Å². The zero-order valence-corrected chi connectivity index (χ0v) is 13.7. The third-order valence-electron chi connectivity index (χ3n) is 3.90. The van der Waals surface area contributed by atoms with Gasteiger partial charge < -0.3 is 25.5 Å². The fourth-order valence-corrected chi connectivity index (χ4v) is 2.35. The van der Waals surface area contributed by atoms with E-state index in [2.05, 4.69) is 6.92 Å². The fraction of sp³-hybridized carbons (Fsp3) is 0.875. The molecule has 0 saturated carbocycles. The molecule has 0 rings (SSSR count). The average Bonchev–Trinajstić information content (AvgIpc) is 2.54. The Bertz CT molecular complexity index is 345. The van der Waals surface area contributed by atoms with Gasteiger partial charge in [0.25, 0.3) is 5.78 Å². The highest BCUT2D eigenvalue weighted by Gasteiger charge is 2.36. The molecule has 7 heteroatoms. The van der Waals surface area contributed by atoms with Crippen molar-refractivity contribution in [1.29, 1.82) is 0 Å². The highest BCUT2D eigenvalue weighted by molar-refractivity contribution is 6.34. The van der Waals surface area contributed by atoms with Crippen LogP contribution in [0.1, 0.15) is 64.7 Å². The van der Waals surface area contributed by atoms with E-state index in [1.165, 1.54) is 25.7 Å². The van der Waals surface area contributed by atoms with Crippen LogP contribution in [0.4, 0.5) is 0 Å². The lowest BCUT2D eigenvalue weighted by Gasteiger charge is -2.25. The van der Waals surface area contributed by atoms with E-state index in [-0.39, 0.29) is 6.42 Å². The van der Waals surface area contributed by atoms with E-state index >= 15 is 0 Å². The number of hydrogen-bond acceptors (Lipinski definition) is 6. The Morgan fingerprint density at radius 3 is 1.74 bits per heavy atom. The Kier molecular flexibility index (Phi) is 11.9. The molecule has 0 heterocycles. The number of carbonyl (C=O) groups excluding carboxylic acids is 1. The van der Waals surface area contributed by atoms with Gasteiger partial charge in [0.15, 0.2) is 6.10 Å². The maximum atomic E-state index is 11.0. The number of ketones is 1.